The molecular formula is C25H36N2O3. The molecule has 0 bridgehead atoms. The minimum atomic E-state index is -0.113. The first kappa shape index (κ1) is 20.3. The molecule has 0 spiro atoms. The van der Waals surface area contributed by atoms with E-state index in [0.717, 1.165) is 51.2 Å². The van der Waals surface area contributed by atoms with Crippen LogP contribution in [0.1, 0.15) is 56.1 Å². The fourth-order valence-electron chi connectivity index (χ4n) is 6.91. The van der Waals surface area contributed by atoms with Crippen LogP contribution in [0.15, 0.2) is 18.2 Å². The van der Waals surface area contributed by atoms with Crippen molar-refractivity contribution in [3.63, 3.8) is 0 Å². The molecule has 0 radical (unpaired) electrons. The van der Waals surface area contributed by atoms with E-state index in [9.17, 15) is 9.90 Å². The summed E-state index contributed by atoms with van der Waals surface area (Å²) in [5.41, 5.74) is 3.03. The maximum atomic E-state index is 12.5. The first-order valence-electron chi connectivity index (χ1n) is 11.9. The monoisotopic (exact) mass is 412 g/mol. The number of hydrogen-bond donors (Lipinski definition) is 1. The molecule has 5 heteroatoms. The summed E-state index contributed by atoms with van der Waals surface area (Å²) in [6.07, 6.45) is 6.67. The van der Waals surface area contributed by atoms with Gasteiger partial charge in [-0.2, -0.15) is 0 Å². The number of carbonyl (C=O) groups is 1. The van der Waals surface area contributed by atoms with Crippen LogP contribution in [0.2, 0.25) is 0 Å². The number of amides is 1. The molecule has 4 aliphatic rings. The molecule has 5 atom stereocenters. The zero-order chi connectivity index (χ0) is 20.9. The topological polar surface area (TPSA) is 53.0 Å². The van der Waals surface area contributed by atoms with Crippen LogP contribution in [0.25, 0.3) is 0 Å². The van der Waals surface area contributed by atoms with Gasteiger partial charge in [0.2, 0.25) is 0 Å². The van der Waals surface area contributed by atoms with Crippen LogP contribution in [-0.4, -0.2) is 66.8 Å². The van der Waals surface area contributed by atoms with Crippen LogP contribution in [0, 0.1) is 17.3 Å². The molecule has 5 nitrogen and oxygen atoms in total. The fraction of sp³-hybridized carbons (Fsp3) is 0.720. The minimum Gasteiger partial charge on any atom is -0.484 e. The molecule has 0 aromatic heterocycles. The number of aliphatic hydroxyl groups excluding tert-OH is 1. The first-order chi connectivity index (χ1) is 14.5. The van der Waals surface area contributed by atoms with Gasteiger partial charge in [0.1, 0.15) is 5.75 Å². The number of hydrogen-bond acceptors (Lipinski definition) is 4. The Hall–Kier alpha value is -1.59. The molecule has 30 heavy (non-hydrogen) atoms. The number of piperazine rings is 1. The van der Waals surface area contributed by atoms with E-state index < -0.39 is 0 Å². The molecule has 3 fully saturated rings. The van der Waals surface area contributed by atoms with Crippen LogP contribution in [-0.2, 0) is 11.2 Å². The van der Waals surface area contributed by atoms with Crippen LogP contribution in [0.5, 0.6) is 5.75 Å². The lowest BCUT2D eigenvalue weighted by molar-refractivity contribution is -0.134. The van der Waals surface area contributed by atoms with Gasteiger partial charge in [0.25, 0.3) is 5.91 Å². The summed E-state index contributed by atoms with van der Waals surface area (Å²) in [7, 11) is 2.09. The highest BCUT2D eigenvalue weighted by atomic mass is 16.5. The Labute approximate surface area is 180 Å². The standard InChI is InChI=1S/C25H36N2O3/c1-25-10-9-20-19-6-4-18(30-16-24(29)27-13-11-26(2)12-14-27)15-17(19)3-5-21(20)22(25)7-8-23(25)28/h4,6,15,20-23,28H,3,5,7-14,16H2,1-2H3/t20-,21-,22+,23+,25+/m1/s1. The van der Waals surface area contributed by atoms with Gasteiger partial charge in [0.15, 0.2) is 6.61 Å². The van der Waals surface area contributed by atoms with Gasteiger partial charge in [-0.25, -0.2) is 0 Å². The van der Waals surface area contributed by atoms with E-state index >= 15 is 0 Å². The highest BCUT2D eigenvalue weighted by molar-refractivity contribution is 5.77. The Kier molecular flexibility index (Phi) is 5.30. The molecule has 1 aliphatic heterocycles. The van der Waals surface area contributed by atoms with Crippen molar-refractivity contribution in [3.05, 3.63) is 29.3 Å². The Bertz CT molecular complexity index is 804. The average Bonchev–Trinajstić information content (AvgIpc) is 3.06. The van der Waals surface area contributed by atoms with Crippen molar-refractivity contribution in [2.45, 2.75) is 57.5 Å². The second-order valence-corrected chi connectivity index (χ2v) is 10.4. The summed E-state index contributed by atoms with van der Waals surface area (Å²) in [6.45, 7) is 5.91. The number of rotatable bonds is 3. The SMILES string of the molecule is CN1CCN(C(=O)COc2ccc3c(c2)CC[C@@H]2[C@@H]3CC[C@]3(C)[C@@H](O)CC[C@@H]23)CC1. The summed E-state index contributed by atoms with van der Waals surface area (Å²) in [5, 5.41) is 10.6. The van der Waals surface area contributed by atoms with Crippen molar-refractivity contribution >= 4 is 5.91 Å². The van der Waals surface area contributed by atoms with Crippen LogP contribution in [0.3, 0.4) is 0 Å². The third-order valence-corrected chi connectivity index (χ3v) is 8.87. The van der Waals surface area contributed by atoms with Gasteiger partial charge >= 0.3 is 0 Å². The van der Waals surface area contributed by atoms with E-state index in [1.807, 2.05) is 4.90 Å². The van der Waals surface area contributed by atoms with Gasteiger partial charge in [-0.1, -0.05) is 13.0 Å². The Morgan fingerprint density at radius 1 is 1.17 bits per heavy atom. The normalized spacial score (nSPS) is 36.0. The molecule has 1 heterocycles. The molecule has 3 aliphatic carbocycles. The second kappa shape index (κ2) is 7.83. The Balaban J connectivity index is 1.24. The minimum absolute atomic E-state index is 0.0900. The van der Waals surface area contributed by atoms with E-state index in [2.05, 4.69) is 37.1 Å². The third kappa shape index (κ3) is 3.44. The summed E-state index contributed by atoms with van der Waals surface area (Å²) in [5.74, 6) is 2.91. The van der Waals surface area contributed by atoms with E-state index in [-0.39, 0.29) is 24.0 Å². The zero-order valence-electron chi connectivity index (χ0n) is 18.5. The molecule has 1 aromatic carbocycles. The molecule has 1 saturated heterocycles. The molecule has 1 aromatic rings. The number of ether oxygens (including phenoxy) is 1. The van der Waals surface area contributed by atoms with E-state index in [1.165, 1.54) is 30.4 Å². The first-order valence-corrected chi connectivity index (χ1v) is 11.9. The van der Waals surface area contributed by atoms with Gasteiger partial charge in [-0.3, -0.25) is 4.79 Å². The molecule has 5 rings (SSSR count). The van der Waals surface area contributed by atoms with Crippen molar-refractivity contribution in [2.75, 3.05) is 39.8 Å². The Morgan fingerprint density at radius 2 is 1.97 bits per heavy atom. The number of aryl methyl sites for hydroxylation is 1. The lowest BCUT2D eigenvalue weighted by atomic mass is 9.55. The van der Waals surface area contributed by atoms with E-state index in [4.69, 9.17) is 4.74 Å². The molecule has 1 amide bonds. The lowest BCUT2D eigenvalue weighted by Crippen LogP contribution is -2.48. The summed E-state index contributed by atoms with van der Waals surface area (Å²) in [4.78, 5) is 16.6. The van der Waals surface area contributed by atoms with Gasteiger partial charge in [0.05, 0.1) is 6.10 Å². The predicted molar refractivity (Wildman–Crippen MR) is 117 cm³/mol. The number of aliphatic hydroxyl groups is 1. The summed E-state index contributed by atoms with van der Waals surface area (Å²) >= 11 is 0. The third-order valence-electron chi connectivity index (χ3n) is 8.87. The molecule has 164 valence electrons. The molecule has 2 saturated carbocycles. The number of fused-ring (bicyclic) bond motifs is 5. The van der Waals surface area contributed by atoms with Crippen molar-refractivity contribution in [1.82, 2.24) is 9.80 Å². The summed E-state index contributed by atoms with van der Waals surface area (Å²) in [6, 6.07) is 6.51. The van der Waals surface area contributed by atoms with Gasteiger partial charge in [-0.05, 0) is 92.0 Å². The molecule has 1 N–H and O–H groups in total. The maximum Gasteiger partial charge on any atom is 0.260 e. The number of likely N-dealkylation sites (N-methyl/N-ethyl adjacent to an activating group) is 1. The number of nitrogens with zero attached hydrogens (tertiary/aromatic N) is 2. The zero-order valence-corrected chi connectivity index (χ0v) is 18.5. The van der Waals surface area contributed by atoms with Crippen molar-refractivity contribution in [2.24, 2.45) is 17.3 Å². The van der Waals surface area contributed by atoms with Crippen molar-refractivity contribution in [3.8, 4) is 5.75 Å². The Morgan fingerprint density at radius 3 is 2.77 bits per heavy atom. The van der Waals surface area contributed by atoms with E-state index in [0.29, 0.717) is 17.8 Å². The quantitative estimate of drug-likeness (QED) is 0.829. The van der Waals surface area contributed by atoms with Crippen molar-refractivity contribution in [1.29, 1.82) is 0 Å². The predicted octanol–water partition coefficient (Wildman–Crippen LogP) is 3.06. The van der Waals surface area contributed by atoms with Gasteiger partial charge < -0.3 is 19.6 Å². The number of carbonyl (C=O) groups excluding carboxylic acids is 1. The van der Waals surface area contributed by atoms with E-state index in [1.54, 1.807) is 0 Å². The van der Waals surface area contributed by atoms with Crippen LogP contribution in [0.4, 0.5) is 0 Å². The highest BCUT2D eigenvalue weighted by Crippen LogP contribution is 2.60. The second-order valence-electron chi connectivity index (χ2n) is 10.4. The van der Waals surface area contributed by atoms with Crippen molar-refractivity contribution < 1.29 is 14.6 Å². The maximum absolute atomic E-state index is 12.5. The van der Waals surface area contributed by atoms with Crippen LogP contribution >= 0.6 is 0 Å². The molecule has 0 unspecified atom stereocenters. The molecular weight excluding hydrogens is 376 g/mol. The highest BCUT2D eigenvalue weighted by Gasteiger charge is 2.54. The fourth-order valence-corrected chi connectivity index (χ4v) is 6.91. The smallest absolute Gasteiger partial charge is 0.260 e. The van der Waals surface area contributed by atoms with Crippen LogP contribution < -0.4 is 4.74 Å². The van der Waals surface area contributed by atoms with Gasteiger partial charge in [-0.15, -0.1) is 0 Å². The summed E-state index contributed by atoms with van der Waals surface area (Å²) < 4.78 is 5.91. The average molecular weight is 413 g/mol. The largest absolute Gasteiger partial charge is 0.484 e. The van der Waals surface area contributed by atoms with Gasteiger partial charge in [0, 0.05) is 26.2 Å². The number of benzene rings is 1. The lowest BCUT2D eigenvalue weighted by Gasteiger charge is -2.50.